The molecular weight excluding hydrogens is 248 g/mol. The number of nitrogens with one attached hydrogen (secondary N) is 1. The van der Waals surface area contributed by atoms with Crippen molar-refractivity contribution in [1.82, 2.24) is 10.3 Å². The topological polar surface area (TPSA) is 42.0 Å². The fourth-order valence-electron chi connectivity index (χ4n) is 4.15. The molecule has 3 heteroatoms. The predicted molar refractivity (Wildman–Crippen MR) is 79.1 cm³/mol. The molecule has 2 bridgehead atoms. The third-order valence-electron chi connectivity index (χ3n) is 5.21. The summed E-state index contributed by atoms with van der Waals surface area (Å²) in [5, 5.41) is 3.22. The molecule has 0 spiro atoms. The highest BCUT2D eigenvalue weighted by Crippen LogP contribution is 2.49. The number of carbonyl (C=O) groups excluding carboxylic acids is 1. The van der Waals surface area contributed by atoms with Crippen molar-refractivity contribution in [3.8, 4) is 0 Å². The Hall–Kier alpha value is -1.38. The van der Waals surface area contributed by atoms with Crippen LogP contribution in [0.1, 0.15) is 44.6 Å². The van der Waals surface area contributed by atoms with Crippen LogP contribution in [-0.4, -0.2) is 16.9 Å². The molecule has 1 aromatic rings. The Balaban J connectivity index is 1.44. The first kappa shape index (κ1) is 13.6. The van der Waals surface area contributed by atoms with E-state index in [1.807, 2.05) is 12.1 Å². The molecule has 0 saturated heterocycles. The second-order valence-electron chi connectivity index (χ2n) is 6.55. The maximum atomic E-state index is 12.1. The molecule has 4 atom stereocenters. The molecule has 1 N–H and O–H groups in total. The van der Waals surface area contributed by atoms with Gasteiger partial charge in [-0.25, -0.2) is 0 Å². The Morgan fingerprint density at radius 2 is 2.15 bits per heavy atom. The number of aromatic nitrogens is 1. The maximum absolute atomic E-state index is 12.1. The number of nitrogens with zero attached hydrogens (tertiary/aromatic N) is 1. The van der Waals surface area contributed by atoms with E-state index in [9.17, 15) is 4.79 Å². The molecule has 1 heterocycles. The van der Waals surface area contributed by atoms with Gasteiger partial charge in [-0.05, 0) is 68.1 Å². The average Bonchev–Trinajstić information content (AvgIpc) is 3.09. The van der Waals surface area contributed by atoms with Crippen molar-refractivity contribution in [2.45, 2.75) is 51.5 Å². The van der Waals surface area contributed by atoms with Gasteiger partial charge < -0.3 is 5.32 Å². The first-order valence-corrected chi connectivity index (χ1v) is 7.90. The van der Waals surface area contributed by atoms with Gasteiger partial charge in [0.15, 0.2) is 0 Å². The van der Waals surface area contributed by atoms with Crippen molar-refractivity contribution < 1.29 is 4.79 Å². The van der Waals surface area contributed by atoms with Crippen molar-refractivity contribution in [3.05, 3.63) is 30.1 Å². The maximum Gasteiger partial charge on any atom is 0.220 e. The summed E-state index contributed by atoms with van der Waals surface area (Å²) >= 11 is 0. The van der Waals surface area contributed by atoms with E-state index >= 15 is 0 Å². The van der Waals surface area contributed by atoms with Crippen LogP contribution >= 0.6 is 0 Å². The summed E-state index contributed by atoms with van der Waals surface area (Å²) in [7, 11) is 0. The van der Waals surface area contributed by atoms with Gasteiger partial charge in [-0.1, -0.05) is 6.42 Å². The second kappa shape index (κ2) is 5.94. The zero-order valence-corrected chi connectivity index (χ0v) is 12.2. The normalized spacial score (nSPS) is 29.4. The Morgan fingerprint density at radius 1 is 1.35 bits per heavy atom. The number of aryl methyl sites for hydroxylation is 1. The fourth-order valence-corrected chi connectivity index (χ4v) is 4.15. The fraction of sp³-hybridized carbons (Fsp3) is 0.647. The number of hydrogen-bond donors (Lipinski definition) is 1. The van der Waals surface area contributed by atoms with Gasteiger partial charge in [0.2, 0.25) is 5.91 Å². The zero-order chi connectivity index (χ0) is 13.9. The number of hydrogen-bond acceptors (Lipinski definition) is 2. The number of rotatable bonds is 5. The van der Waals surface area contributed by atoms with Gasteiger partial charge in [0, 0.05) is 24.9 Å². The summed E-state index contributed by atoms with van der Waals surface area (Å²) in [6.45, 7) is 2.19. The van der Waals surface area contributed by atoms with Crippen molar-refractivity contribution in [2.75, 3.05) is 0 Å². The van der Waals surface area contributed by atoms with Crippen molar-refractivity contribution in [3.63, 3.8) is 0 Å². The summed E-state index contributed by atoms with van der Waals surface area (Å²) in [6, 6.07) is 4.30. The van der Waals surface area contributed by atoms with Crippen molar-refractivity contribution in [1.29, 1.82) is 0 Å². The summed E-state index contributed by atoms with van der Waals surface area (Å²) in [5.41, 5.74) is 1.18. The number of carbonyl (C=O) groups is 1. The summed E-state index contributed by atoms with van der Waals surface area (Å²) in [6.07, 6.45) is 10.5. The van der Waals surface area contributed by atoms with Crippen LogP contribution < -0.4 is 5.32 Å². The highest BCUT2D eigenvalue weighted by Gasteiger charge is 2.41. The smallest absolute Gasteiger partial charge is 0.220 e. The molecule has 0 aromatic carbocycles. The van der Waals surface area contributed by atoms with Gasteiger partial charge >= 0.3 is 0 Å². The van der Waals surface area contributed by atoms with Crippen LogP contribution in [0.3, 0.4) is 0 Å². The monoisotopic (exact) mass is 272 g/mol. The van der Waals surface area contributed by atoms with Gasteiger partial charge in [0.1, 0.15) is 0 Å². The molecule has 2 aliphatic carbocycles. The van der Waals surface area contributed by atoms with Gasteiger partial charge in [0.05, 0.1) is 0 Å². The summed E-state index contributed by atoms with van der Waals surface area (Å²) in [4.78, 5) is 16.1. The van der Waals surface area contributed by atoms with E-state index in [1.165, 1.54) is 31.2 Å². The van der Waals surface area contributed by atoms with Crippen LogP contribution in [-0.2, 0) is 11.2 Å². The molecule has 2 saturated carbocycles. The quantitative estimate of drug-likeness (QED) is 0.895. The van der Waals surface area contributed by atoms with Gasteiger partial charge in [-0.15, -0.1) is 0 Å². The molecule has 1 aromatic heterocycles. The summed E-state index contributed by atoms with van der Waals surface area (Å²) in [5.74, 6) is 2.73. The molecule has 3 nitrogen and oxygen atoms in total. The molecule has 0 aliphatic heterocycles. The number of fused-ring (bicyclic) bond motifs is 2. The van der Waals surface area contributed by atoms with E-state index in [1.54, 1.807) is 12.4 Å². The highest BCUT2D eigenvalue weighted by atomic mass is 16.1. The summed E-state index contributed by atoms with van der Waals surface area (Å²) < 4.78 is 0. The Kier molecular flexibility index (Phi) is 4.04. The van der Waals surface area contributed by atoms with E-state index in [0.29, 0.717) is 12.5 Å². The molecule has 0 radical (unpaired) electrons. The largest absolute Gasteiger partial charge is 0.353 e. The lowest BCUT2D eigenvalue weighted by Gasteiger charge is -2.28. The van der Waals surface area contributed by atoms with E-state index in [2.05, 4.69) is 17.2 Å². The molecule has 3 rings (SSSR count). The lowest BCUT2D eigenvalue weighted by molar-refractivity contribution is -0.122. The number of amides is 1. The van der Waals surface area contributed by atoms with Gasteiger partial charge in [0.25, 0.3) is 0 Å². The minimum Gasteiger partial charge on any atom is -0.353 e. The van der Waals surface area contributed by atoms with Crippen LogP contribution in [0.2, 0.25) is 0 Å². The standard InChI is InChI=1S/C17H24N2O/c1-12(16-11-14-2-4-15(16)10-14)19-17(20)5-3-13-6-8-18-9-7-13/h6-9,12,14-16H,2-5,10-11H2,1H3,(H,19,20)/t12-,14+,15+,16+/m1/s1. The second-order valence-corrected chi connectivity index (χ2v) is 6.55. The highest BCUT2D eigenvalue weighted by molar-refractivity contribution is 5.76. The first-order chi connectivity index (χ1) is 9.72. The Bertz CT molecular complexity index is 459. The van der Waals surface area contributed by atoms with E-state index in [-0.39, 0.29) is 5.91 Å². The zero-order valence-electron chi connectivity index (χ0n) is 12.2. The van der Waals surface area contributed by atoms with Crippen LogP contribution in [0.25, 0.3) is 0 Å². The molecule has 2 fully saturated rings. The van der Waals surface area contributed by atoms with E-state index in [0.717, 1.165) is 24.2 Å². The molecule has 2 aliphatic rings. The Labute approximate surface area is 121 Å². The van der Waals surface area contributed by atoms with E-state index in [4.69, 9.17) is 0 Å². The van der Waals surface area contributed by atoms with Crippen LogP contribution in [0.5, 0.6) is 0 Å². The minimum atomic E-state index is 0.192. The van der Waals surface area contributed by atoms with Crippen LogP contribution in [0.15, 0.2) is 24.5 Å². The SMILES string of the molecule is C[C@@H](NC(=O)CCc1ccncc1)[C@@H]1C[C@H]2CC[C@H]1C2. The average molecular weight is 272 g/mol. The van der Waals surface area contributed by atoms with Gasteiger partial charge in [-0.2, -0.15) is 0 Å². The third-order valence-corrected chi connectivity index (χ3v) is 5.21. The first-order valence-electron chi connectivity index (χ1n) is 7.90. The third kappa shape index (κ3) is 3.02. The molecule has 1 amide bonds. The molecule has 108 valence electrons. The van der Waals surface area contributed by atoms with Crippen LogP contribution in [0.4, 0.5) is 0 Å². The molecular formula is C17H24N2O. The van der Waals surface area contributed by atoms with Gasteiger partial charge in [-0.3, -0.25) is 9.78 Å². The lowest BCUT2D eigenvalue weighted by atomic mass is 9.84. The van der Waals surface area contributed by atoms with E-state index < -0.39 is 0 Å². The molecule has 20 heavy (non-hydrogen) atoms. The minimum absolute atomic E-state index is 0.192. The molecule has 0 unspecified atom stereocenters. The van der Waals surface area contributed by atoms with Crippen molar-refractivity contribution in [2.24, 2.45) is 17.8 Å². The number of pyridine rings is 1. The van der Waals surface area contributed by atoms with Crippen molar-refractivity contribution >= 4 is 5.91 Å². The van der Waals surface area contributed by atoms with Crippen LogP contribution in [0, 0.1) is 17.8 Å². The Morgan fingerprint density at radius 3 is 2.80 bits per heavy atom. The predicted octanol–water partition coefficient (Wildman–Crippen LogP) is 2.96. The lowest BCUT2D eigenvalue weighted by Crippen LogP contribution is -2.40.